The molecule has 36 heavy (non-hydrogen) atoms. The highest BCUT2D eigenvalue weighted by Gasteiger charge is 2.30. The predicted octanol–water partition coefficient (Wildman–Crippen LogP) is 1.13. The molecule has 2 rings (SSSR count). The van der Waals surface area contributed by atoms with Gasteiger partial charge in [0.2, 0.25) is 0 Å². The minimum Gasteiger partial charge on any atom is -0.468 e. The Kier molecular flexibility index (Phi) is 14.2. The average molecular weight is 575 g/mol. The Morgan fingerprint density at radius 3 is 1.36 bits per heavy atom. The molecule has 1 heterocycles. The van der Waals surface area contributed by atoms with Crippen molar-refractivity contribution < 1.29 is 38.4 Å². The first kappa shape index (κ1) is 31.4. The van der Waals surface area contributed by atoms with Crippen LogP contribution in [0.4, 0.5) is 0 Å². The summed E-state index contributed by atoms with van der Waals surface area (Å²) in [6.45, 7) is 6.02. The number of carbonyl (C=O) groups excluding carboxylic acids is 4. The molecule has 13 heteroatoms. The number of hydroxylamine groups is 6. The van der Waals surface area contributed by atoms with Crippen molar-refractivity contribution in [2.75, 3.05) is 59.5 Å². The molecule has 0 radical (unpaired) electrons. The lowest BCUT2D eigenvalue weighted by atomic mass is 10.1. The van der Waals surface area contributed by atoms with Gasteiger partial charge in [-0.15, -0.1) is 32.2 Å². The molecule has 1 aromatic rings. The molecule has 202 valence electrons. The second-order valence-electron chi connectivity index (χ2n) is 7.91. The van der Waals surface area contributed by atoms with E-state index in [-0.39, 0.29) is 56.2 Å². The largest absolute Gasteiger partial charge is 0.468 e. The molecule has 1 fully saturated rings. The summed E-state index contributed by atoms with van der Waals surface area (Å²) in [4.78, 5) is 65.6. The van der Waals surface area contributed by atoms with E-state index in [1.54, 1.807) is 0 Å². The van der Waals surface area contributed by atoms with Crippen LogP contribution in [0.2, 0.25) is 0 Å². The quantitative estimate of drug-likeness (QED) is 0.453. The normalized spacial score (nSPS) is 17.9. The third-order valence-electron chi connectivity index (χ3n) is 5.15. The molecule has 0 saturated carbocycles. The number of ether oxygens (including phenoxy) is 1. The zero-order valence-corrected chi connectivity index (χ0v) is 22.8. The van der Waals surface area contributed by atoms with Crippen LogP contribution in [-0.2, 0) is 38.4 Å². The van der Waals surface area contributed by atoms with E-state index in [9.17, 15) is 19.2 Å². The van der Waals surface area contributed by atoms with Crippen LogP contribution in [0.15, 0.2) is 30.3 Å². The molecule has 0 spiro atoms. The van der Waals surface area contributed by atoms with Gasteiger partial charge in [0, 0.05) is 47.0 Å². The number of halogens is 1. The Bertz CT molecular complexity index is 828. The van der Waals surface area contributed by atoms with Crippen molar-refractivity contribution in [1.29, 1.82) is 0 Å². The molecule has 1 aromatic carbocycles. The number of carbonyl (C=O) groups is 4. The van der Waals surface area contributed by atoms with Crippen LogP contribution in [0.25, 0.3) is 0 Å². The maximum atomic E-state index is 12.8. The molecule has 1 unspecified atom stereocenters. The lowest BCUT2D eigenvalue weighted by Crippen LogP contribution is -2.48. The maximum absolute atomic E-state index is 12.8. The van der Waals surface area contributed by atoms with E-state index in [1.807, 2.05) is 35.2 Å². The van der Waals surface area contributed by atoms with E-state index in [1.165, 1.54) is 43.1 Å². The van der Waals surface area contributed by atoms with E-state index >= 15 is 0 Å². The zero-order chi connectivity index (χ0) is 25.8. The van der Waals surface area contributed by atoms with Crippen LogP contribution in [0, 0.1) is 0 Å². The molecule has 0 aromatic heterocycles. The first-order valence-electron chi connectivity index (χ1n) is 11.4. The Balaban J connectivity index is 0.00000648. The standard InChI is InChI=1S/C23H34N4O8.BrH/c1-18(28)33-25-12-10-24(22(23(31)32-4)21-8-6-5-7-9-21)11-13-26(34-19(2)29)15-17-27(16-14-25)35-20(3)30;/h5-9,22H,10-17H2,1-4H3;1H. The topological polar surface area (TPSA) is 118 Å². The Morgan fingerprint density at radius 2 is 1.03 bits per heavy atom. The molecular weight excluding hydrogens is 540 g/mol. The summed E-state index contributed by atoms with van der Waals surface area (Å²) in [6, 6.07) is 8.47. The maximum Gasteiger partial charge on any atom is 0.327 e. The molecule has 1 saturated heterocycles. The second-order valence-corrected chi connectivity index (χ2v) is 7.91. The molecule has 0 amide bonds. The Morgan fingerprint density at radius 1 is 0.667 bits per heavy atom. The first-order valence-corrected chi connectivity index (χ1v) is 11.4. The highest BCUT2D eigenvalue weighted by molar-refractivity contribution is 8.93. The summed E-state index contributed by atoms with van der Waals surface area (Å²) in [7, 11) is 1.33. The highest BCUT2D eigenvalue weighted by atomic mass is 79.9. The van der Waals surface area contributed by atoms with Gasteiger partial charge in [-0.1, -0.05) is 30.3 Å². The summed E-state index contributed by atoms with van der Waals surface area (Å²) in [6.07, 6.45) is 0. The number of esters is 1. The van der Waals surface area contributed by atoms with Gasteiger partial charge >= 0.3 is 23.9 Å². The lowest BCUT2D eigenvalue weighted by molar-refractivity contribution is -0.218. The number of hydrogen-bond acceptors (Lipinski definition) is 12. The summed E-state index contributed by atoms with van der Waals surface area (Å²) in [5, 5.41) is 4.36. The third-order valence-corrected chi connectivity index (χ3v) is 5.15. The lowest BCUT2D eigenvalue weighted by Gasteiger charge is -2.35. The minimum atomic E-state index is -0.722. The minimum absolute atomic E-state index is 0. The van der Waals surface area contributed by atoms with Crippen molar-refractivity contribution in [3.05, 3.63) is 35.9 Å². The fourth-order valence-electron chi connectivity index (χ4n) is 3.69. The highest BCUT2D eigenvalue weighted by Crippen LogP contribution is 2.22. The average Bonchev–Trinajstić information content (AvgIpc) is 2.80. The Hall–Kier alpha value is -2.58. The van der Waals surface area contributed by atoms with Crippen molar-refractivity contribution in [3.8, 4) is 0 Å². The van der Waals surface area contributed by atoms with Crippen molar-refractivity contribution in [1.82, 2.24) is 20.1 Å². The SMILES string of the molecule is Br.COC(=O)C(c1ccccc1)N1CCN(OC(C)=O)CCN(OC(C)=O)CCN(OC(C)=O)CC1. The van der Waals surface area contributed by atoms with Crippen LogP contribution in [-0.4, -0.2) is 103 Å². The van der Waals surface area contributed by atoms with Crippen LogP contribution < -0.4 is 0 Å². The fourth-order valence-corrected chi connectivity index (χ4v) is 3.69. The first-order chi connectivity index (χ1) is 16.7. The number of hydrogen-bond donors (Lipinski definition) is 0. The molecule has 0 aliphatic carbocycles. The van der Waals surface area contributed by atoms with Gasteiger partial charge in [-0.3, -0.25) is 19.3 Å². The number of benzene rings is 1. The van der Waals surface area contributed by atoms with Gasteiger partial charge in [0.1, 0.15) is 6.04 Å². The number of rotatable bonds is 6. The molecule has 1 aliphatic heterocycles. The van der Waals surface area contributed by atoms with Crippen LogP contribution in [0.5, 0.6) is 0 Å². The second kappa shape index (κ2) is 16.2. The smallest absolute Gasteiger partial charge is 0.327 e. The van der Waals surface area contributed by atoms with Gasteiger partial charge in [-0.2, -0.15) is 0 Å². The van der Waals surface area contributed by atoms with Gasteiger partial charge in [0.15, 0.2) is 0 Å². The van der Waals surface area contributed by atoms with Crippen molar-refractivity contribution >= 4 is 40.9 Å². The zero-order valence-electron chi connectivity index (χ0n) is 21.1. The van der Waals surface area contributed by atoms with Crippen molar-refractivity contribution in [3.63, 3.8) is 0 Å². The molecule has 0 bridgehead atoms. The van der Waals surface area contributed by atoms with Crippen molar-refractivity contribution in [2.45, 2.75) is 26.8 Å². The molecule has 0 N–H and O–H groups in total. The van der Waals surface area contributed by atoms with E-state index < -0.39 is 29.9 Å². The van der Waals surface area contributed by atoms with Gasteiger partial charge in [0.05, 0.1) is 33.3 Å². The monoisotopic (exact) mass is 574 g/mol. The van der Waals surface area contributed by atoms with Gasteiger partial charge in [-0.25, -0.2) is 4.79 Å². The van der Waals surface area contributed by atoms with Crippen LogP contribution >= 0.6 is 17.0 Å². The molecular formula is C23H35BrN4O8. The number of nitrogens with zero attached hydrogens (tertiary/aromatic N) is 4. The van der Waals surface area contributed by atoms with Gasteiger partial charge < -0.3 is 19.2 Å². The summed E-state index contributed by atoms with van der Waals surface area (Å²) in [5.41, 5.74) is 0.741. The molecule has 1 aliphatic rings. The van der Waals surface area contributed by atoms with Crippen LogP contribution in [0.3, 0.4) is 0 Å². The third kappa shape index (κ3) is 11.0. The number of methoxy groups -OCH3 is 1. The molecule has 1 atom stereocenters. The van der Waals surface area contributed by atoms with Crippen molar-refractivity contribution in [2.24, 2.45) is 0 Å². The van der Waals surface area contributed by atoms with Gasteiger partial charge in [-0.05, 0) is 5.56 Å². The van der Waals surface area contributed by atoms with E-state index in [2.05, 4.69) is 0 Å². The predicted molar refractivity (Wildman–Crippen MR) is 133 cm³/mol. The summed E-state index contributed by atoms with van der Waals surface area (Å²) < 4.78 is 5.09. The summed E-state index contributed by atoms with van der Waals surface area (Å²) >= 11 is 0. The van der Waals surface area contributed by atoms with E-state index in [0.717, 1.165) is 5.56 Å². The van der Waals surface area contributed by atoms with E-state index in [0.29, 0.717) is 13.1 Å². The van der Waals surface area contributed by atoms with Gasteiger partial charge in [0.25, 0.3) is 0 Å². The summed E-state index contributed by atoms with van der Waals surface area (Å²) in [5.74, 6) is -1.92. The fraction of sp³-hybridized carbons (Fsp3) is 0.565. The van der Waals surface area contributed by atoms with Crippen LogP contribution in [0.1, 0.15) is 32.4 Å². The molecule has 12 nitrogen and oxygen atoms in total. The van der Waals surface area contributed by atoms with E-state index in [4.69, 9.17) is 19.2 Å². The Labute approximate surface area is 221 Å².